The number of hydrogen-bond donors (Lipinski definition) is 2. The minimum Gasteiger partial charge on any atom is -0.490 e. The van der Waals surface area contributed by atoms with E-state index in [-0.39, 0.29) is 0 Å². The van der Waals surface area contributed by atoms with Gasteiger partial charge < -0.3 is 9.84 Å². The SMILES string of the molecule is C=CCOc1ccc(NC(=O)O)cc1. The van der Waals surface area contributed by atoms with Crippen LogP contribution < -0.4 is 10.1 Å². The molecule has 0 spiro atoms. The second-order valence-electron chi connectivity index (χ2n) is 2.55. The summed E-state index contributed by atoms with van der Waals surface area (Å²) in [4.78, 5) is 10.3. The van der Waals surface area contributed by atoms with Gasteiger partial charge in [-0.1, -0.05) is 12.7 Å². The Hall–Kier alpha value is -1.97. The summed E-state index contributed by atoms with van der Waals surface area (Å²) in [5.41, 5.74) is 0.517. The third kappa shape index (κ3) is 3.18. The average Bonchev–Trinajstić information content (AvgIpc) is 2.16. The fourth-order valence-corrected chi connectivity index (χ4v) is 0.913. The Morgan fingerprint density at radius 3 is 2.64 bits per heavy atom. The van der Waals surface area contributed by atoms with Crippen molar-refractivity contribution in [3.05, 3.63) is 36.9 Å². The van der Waals surface area contributed by atoms with Crippen LogP contribution in [0.1, 0.15) is 0 Å². The van der Waals surface area contributed by atoms with Crippen molar-refractivity contribution < 1.29 is 14.6 Å². The third-order valence-corrected chi connectivity index (χ3v) is 1.47. The molecule has 0 aliphatic carbocycles. The van der Waals surface area contributed by atoms with Crippen LogP contribution in [-0.4, -0.2) is 17.8 Å². The van der Waals surface area contributed by atoms with Gasteiger partial charge in [-0.3, -0.25) is 5.32 Å². The fourth-order valence-electron chi connectivity index (χ4n) is 0.913. The molecule has 0 aliphatic heterocycles. The summed E-state index contributed by atoms with van der Waals surface area (Å²) in [6.45, 7) is 3.95. The van der Waals surface area contributed by atoms with Crippen molar-refractivity contribution in [3.63, 3.8) is 0 Å². The lowest BCUT2D eigenvalue weighted by molar-refractivity contribution is 0.209. The predicted octanol–water partition coefficient (Wildman–Crippen LogP) is 2.34. The average molecular weight is 193 g/mol. The van der Waals surface area contributed by atoms with Crippen LogP contribution in [0.15, 0.2) is 36.9 Å². The van der Waals surface area contributed by atoms with Crippen LogP contribution in [0.25, 0.3) is 0 Å². The molecule has 0 atom stereocenters. The molecule has 1 aromatic rings. The molecule has 0 aromatic heterocycles. The first-order valence-electron chi connectivity index (χ1n) is 4.06. The number of hydrogen-bond acceptors (Lipinski definition) is 2. The minimum absolute atomic E-state index is 0.436. The number of anilines is 1. The second kappa shape index (κ2) is 4.91. The minimum atomic E-state index is -1.08. The molecule has 4 heteroatoms. The first-order chi connectivity index (χ1) is 6.72. The molecule has 1 rings (SSSR count). The van der Waals surface area contributed by atoms with E-state index >= 15 is 0 Å². The Labute approximate surface area is 81.8 Å². The molecule has 0 heterocycles. The lowest BCUT2D eigenvalue weighted by Gasteiger charge is -2.04. The molecule has 74 valence electrons. The third-order valence-electron chi connectivity index (χ3n) is 1.47. The normalized spacial score (nSPS) is 9.14. The van der Waals surface area contributed by atoms with Crippen molar-refractivity contribution in [2.24, 2.45) is 0 Å². The second-order valence-corrected chi connectivity index (χ2v) is 2.55. The van der Waals surface area contributed by atoms with Crippen molar-refractivity contribution in [1.82, 2.24) is 0 Å². The maximum atomic E-state index is 10.3. The van der Waals surface area contributed by atoms with Gasteiger partial charge >= 0.3 is 6.09 Å². The number of rotatable bonds is 4. The maximum Gasteiger partial charge on any atom is 0.409 e. The van der Waals surface area contributed by atoms with Crippen LogP contribution in [-0.2, 0) is 0 Å². The van der Waals surface area contributed by atoms with Gasteiger partial charge in [-0.15, -0.1) is 0 Å². The van der Waals surface area contributed by atoms with Gasteiger partial charge in [0.05, 0.1) is 0 Å². The largest absolute Gasteiger partial charge is 0.490 e. The Morgan fingerprint density at radius 2 is 2.14 bits per heavy atom. The van der Waals surface area contributed by atoms with Gasteiger partial charge in [-0.05, 0) is 24.3 Å². The van der Waals surface area contributed by atoms with Gasteiger partial charge in [-0.25, -0.2) is 4.79 Å². The molecule has 14 heavy (non-hydrogen) atoms. The zero-order valence-electron chi connectivity index (χ0n) is 7.56. The van der Waals surface area contributed by atoms with Crippen molar-refractivity contribution >= 4 is 11.8 Å². The molecule has 1 aromatic carbocycles. The van der Waals surface area contributed by atoms with E-state index < -0.39 is 6.09 Å². The van der Waals surface area contributed by atoms with Crippen LogP contribution in [0.4, 0.5) is 10.5 Å². The molecule has 4 nitrogen and oxygen atoms in total. The van der Waals surface area contributed by atoms with Gasteiger partial charge in [-0.2, -0.15) is 0 Å². The lowest BCUT2D eigenvalue weighted by Crippen LogP contribution is -2.06. The fraction of sp³-hybridized carbons (Fsp3) is 0.100. The monoisotopic (exact) mass is 193 g/mol. The number of ether oxygens (including phenoxy) is 1. The first-order valence-corrected chi connectivity index (χ1v) is 4.06. The van der Waals surface area contributed by atoms with Crippen molar-refractivity contribution in [3.8, 4) is 5.75 Å². The quantitative estimate of drug-likeness (QED) is 0.721. The van der Waals surface area contributed by atoms with E-state index in [1.807, 2.05) is 0 Å². The molecule has 0 aliphatic rings. The molecule has 0 saturated heterocycles. The summed E-state index contributed by atoms with van der Waals surface area (Å²) in [7, 11) is 0. The smallest absolute Gasteiger partial charge is 0.409 e. The maximum absolute atomic E-state index is 10.3. The van der Waals surface area contributed by atoms with E-state index in [2.05, 4.69) is 11.9 Å². The highest BCUT2D eigenvalue weighted by atomic mass is 16.5. The van der Waals surface area contributed by atoms with Gasteiger partial charge in [0.15, 0.2) is 0 Å². The summed E-state index contributed by atoms with van der Waals surface area (Å²) in [5.74, 6) is 0.681. The topological polar surface area (TPSA) is 58.6 Å². The number of carbonyl (C=O) groups is 1. The molecule has 1 amide bonds. The lowest BCUT2D eigenvalue weighted by atomic mass is 10.3. The van der Waals surface area contributed by atoms with Crippen LogP contribution in [0.5, 0.6) is 5.75 Å². The van der Waals surface area contributed by atoms with E-state index in [0.717, 1.165) is 0 Å². The van der Waals surface area contributed by atoms with Crippen molar-refractivity contribution in [2.45, 2.75) is 0 Å². The molecule has 0 saturated carbocycles. The van der Waals surface area contributed by atoms with Gasteiger partial charge in [0, 0.05) is 5.69 Å². The van der Waals surface area contributed by atoms with Crippen molar-refractivity contribution in [2.75, 3.05) is 11.9 Å². The van der Waals surface area contributed by atoms with E-state index in [9.17, 15) is 4.79 Å². The van der Waals surface area contributed by atoms with Gasteiger partial charge in [0.1, 0.15) is 12.4 Å². The highest BCUT2D eigenvalue weighted by Gasteiger charge is 1.97. The molecule has 2 N–H and O–H groups in total. The summed E-state index contributed by atoms with van der Waals surface area (Å²) in [6, 6.07) is 6.64. The molecule has 0 radical (unpaired) electrons. The predicted molar refractivity (Wildman–Crippen MR) is 53.8 cm³/mol. The van der Waals surface area contributed by atoms with E-state index in [1.54, 1.807) is 30.3 Å². The molecular weight excluding hydrogens is 182 g/mol. The number of amides is 1. The van der Waals surface area contributed by atoms with Crippen LogP contribution >= 0.6 is 0 Å². The Bertz CT molecular complexity index is 319. The summed E-state index contributed by atoms with van der Waals surface area (Å²) >= 11 is 0. The summed E-state index contributed by atoms with van der Waals surface area (Å²) < 4.78 is 5.22. The molecule has 0 bridgehead atoms. The molecular formula is C10H11NO3. The van der Waals surface area contributed by atoms with E-state index in [4.69, 9.17) is 9.84 Å². The van der Waals surface area contributed by atoms with Gasteiger partial charge in [0.2, 0.25) is 0 Å². The van der Waals surface area contributed by atoms with Crippen LogP contribution in [0.2, 0.25) is 0 Å². The zero-order chi connectivity index (χ0) is 10.4. The summed E-state index contributed by atoms with van der Waals surface area (Å²) in [6.07, 6.45) is 0.563. The Morgan fingerprint density at radius 1 is 1.50 bits per heavy atom. The number of nitrogens with one attached hydrogen (secondary N) is 1. The highest BCUT2D eigenvalue weighted by Crippen LogP contribution is 2.15. The molecule has 0 fully saturated rings. The molecule has 0 unspecified atom stereocenters. The number of benzene rings is 1. The van der Waals surface area contributed by atoms with Crippen molar-refractivity contribution in [1.29, 1.82) is 0 Å². The Balaban J connectivity index is 2.58. The first kappa shape index (κ1) is 10.1. The highest BCUT2D eigenvalue weighted by molar-refractivity contribution is 5.82. The van der Waals surface area contributed by atoms with Crippen LogP contribution in [0, 0.1) is 0 Å². The Kier molecular flexibility index (Phi) is 3.55. The van der Waals surface area contributed by atoms with E-state index in [0.29, 0.717) is 18.0 Å². The standard InChI is InChI=1S/C10H11NO3/c1-2-7-14-9-5-3-8(4-6-9)11-10(12)13/h2-6,11H,1,7H2,(H,12,13). The number of carboxylic acid groups (broad SMARTS) is 1. The van der Waals surface area contributed by atoms with Crippen LogP contribution in [0.3, 0.4) is 0 Å². The van der Waals surface area contributed by atoms with E-state index in [1.165, 1.54) is 0 Å². The summed E-state index contributed by atoms with van der Waals surface area (Å²) in [5, 5.41) is 10.7. The zero-order valence-corrected chi connectivity index (χ0v) is 7.56. The van der Waals surface area contributed by atoms with Gasteiger partial charge in [0.25, 0.3) is 0 Å².